The van der Waals surface area contributed by atoms with E-state index in [0.717, 1.165) is 61.7 Å². The van der Waals surface area contributed by atoms with Gasteiger partial charge in [0.25, 0.3) is 0 Å². The van der Waals surface area contributed by atoms with Crippen molar-refractivity contribution in [2.24, 2.45) is 0 Å². The highest BCUT2D eigenvalue weighted by molar-refractivity contribution is 5.90. The Kier molecular flexibility index (Phi) is 3.93. The predicted octanol–water partition coefficient (Wildman–Crippen LogP) is 6.03. The molecule has 4 aromatic rings. The summed E-state index contributed by atoms with van der Waals surface area (Å²) in [5.41, 5.74) is 10.8. The lowest BCUT2D eigenvalue weighted by Gasteiger charge is -1.99. The third-order valence-corrected chi connectivity index (χ3v) is 5.53. The summed E-state index contributed by atoms with van der Waals surface area (Å²) < 4.78 is 0. The van der Waals surface area contributed by atoms with Crippen LogP contribution in [-0.4, -0.2) is 24.9 Å². The van der Waals surface area contributed by atoms with Gasteiger partial charge in [-0.1, -0.05) is 6.07 Å². The summed E-state index contributed by atoms with van der Waals surface area (Å²) in [5.74, 6) is 0. The Morgan fingerprint density at radius 2 is 1.26 bits per heavy atom. The Bertz CT molecular complexity index is 1530. The fraction of sp³-hybridized carbons (Fsp3) is 0.0385. The van der Waals surface area contributed by atoms with Gasteiger partial charge in [-0.3, -0.25) is 4.98 Å². The molecule has 0 unspecified atom stereocenters. The Labute approximate surface area is 178 Å². The van der Waals surface area contributed by atoms with Crippen molar-refractivity contribution in [2.45, 2.75) is 6.92 Å². The standard InChI is InChI=1S/C26H19N5/c1-16-24-14-21-9-7-19(29-21)12-17-5-6-18(28-17)13-20-8-10-22(30-20)15-25(31-24)26(16)23-4-2-3-11-27-23/h2-15,28,31H,1H3. The van der Waals surface area contributed by atoms with Crippen LogP contribution in [0.2, 0.25) is 0 Å². The molecule has 5 heteroatoms. The first-order valence-electron chi connectivity index (χ1n) is 10.2. The maximum absolute atomic E-state index is 4.78. The maximum Gasteiger partial charge on any atom is 0.0726 e. The molecule has 0 atom stereocenters. The highest BCUT2D eigenvalue weighted by Gasteiger charge is 2.12. The fourth-order valence-corrected chi connectivity index (χ4v) is 4.05. The van der Waals surface area contributed by atoms with Crippen molar-refractivity contribution in [3.63, 3.8) is 0 Å². The highest BCUT2D eigenvalue weighted by atomic mass is 14.8. The third-order valence-electron chi connectivity index (χ3n) is 5.53. The quantitative estimate of drug-likeness (QED) is 0.354. The molecule has 0 fully saturated rings. The molecule has 0 saturated heterocycles. The molecule has 8 bridgehead atoms. The van der Waals surface area contributed by atoms with Crippen molar-refractivity contribution in [2.75, 3.05) is 0 Å². The summed E-state index contributed by atoms with van der Waals surface area (Å²) in [4.78, 5) is 21.1. The normalized spacial score (nSPS) is 12.4. The molecule has 6 heterocycles. The number of pyridine rings is 1. The Morgan fingerprint density at radius 3 is 1.87 bits per heavy atom. The molecule has 2 aliphatic heterocycles. The van der Waals surface area contributed by atoms with Gasteiger partial charge < -0.3 is 9.97 Å². The lowest BCUT2D eigenvalue weighted by atomic mass is 10.1. The van der Waals surface area contributed by atoms with Crippen LogP contribution in [0.25, 0.3) is 57.6 Å². The van der Waals surface area contributed by atoms with Crippen LogP contribution in [0.15, 0.2) is 60.8 Å². The van der Waals surface area contributed by atoms with Gasteiger partial charge in [-0.25, -0.2) is 9.97 Å². The first kappa shape index (κ1) is 17.6. The SMILES string of the molecule is Cc1c(-c2ccccn2)c2cc3nc(cc4ccc(cc5nc(cc1[nH]2)C=C5)[nH]4)C=C3. The van der Waals surface area contributed by atoms with E-state index in [2.05, 4.69) is 46.1 Å². The van der Waals surface area contributed by atoms with Gasteiger partial charge >= 0.3 is 0 Å². The van der Waals surface area contributed by atoms with Crippen LogP contribution in [-0.2, 0) is 0 Å². The number of aryl methyl sites for hydroxylation is 1. The van der Waals surface area contributed by atoms with Crippen molar-refractivity contribution < 1.29 is 0 Å². The number of H-pyrrole nitrogens is 2. The summed E-state index contributed by atoms with van der Waals surface area (Å²) in [7, 11) is 0. The first-order chi connectivity index (χ1) is 15.2. The molecule has 4 aromatic heterocycles. The first-order valence-corrected chi connectivity index (χ1v) is 10.2. The van der Waals surface area contributed by atoms with Crippen LogP contribution in [0.5, 0.6) is 0 Å². The van der Waals surface area contributed by atoms with Gasteiger partial charge in [0.1, 0.15) is 0 Å². The van der Waals surface area contributed by atoms with Crippen LogP contribution >= 0.6 is 0 Å². The summed E-state index contributed by atoms with van der Waals surface area (Å²) >= 11 is 0. The summed E-state index contributed by atoms with van der Waals surface area (Å²) in [6.45, 7) is 2.12. The average molecular weight is 401 g/mol. The second kappa shape index (κ2) is 6.92. The Hall–Kier alpha value is -4.25. The number of rotatable bonds is 1. The number of nitrogens with zero attached hydrogens (tertiary/aromatic N) is 3. The minimum Gasteiger partial charge on any atom is -0.355 e. The van der Waals surface area contributed by atoms with Crippen molar-refractivity contribution in [1.82, 2.24) is 24.9 Å². The van der Waals surface area contributed by atoms with Crippen molar-refractivity contribution in [1.29, 1.82) is 0 Å². The lowest BCUT2D eigenvalue weighted by Crippen LogP contribution is -1.83. The molecule has 0 aliphatic carbocycles. The van der Waals surface area contributed by atoms with Gasteiger partial charge in [0.2, 0.25) is 0 Å². The molecule has 148 valence electrons. The zero-order valence-corrected chi connectivity index (χ0v) is 16.9. The second-order valence-electron chi connectivity index (χ2n) is 7.70. The molecule has 0 radical (unpaired) electrons. The zero-order valence-electron chi connectivity index (χ0n) is 16.9. The van der Waals surface area contributed by atoms with E-state index in [1.54, 1.807) is 0 Å². The lowest BCUT2D eigenvalue weighted by molar-refractivity contribution is 1.31. The molecular weight excluding hydrogens is 382 g/mol. The molecule has 0 saturated carbocycles. The maximum atomic E-state index is 4.78. The summed E-state index contributed by atoms with van der Waals surface area (Å²) in [6, 6.07) is 18.3. The molecule has 0 amide bonds. The molecule has 2 aliphatic rings. The van der Waals surface area contributed by atoms with Crippen LogP contribution in [0.1, 0.15) is 28.3 Å². The highest BCUT2D eigenvalue weighted by Crippen LogP contribution is 2.30. The van der Waals surface area contributed by atoms with E-state index >= 15 is 0 Å². The number of hydrogen-bond acceptors (Lipinski definition) is 3. The number of fused-ring (bicyclic) bond motifs is 8. The fourth-order valence-electron chi connectivity index (χ4n) is 4.05. The van der Waals surface area contributed by atoms with Crippen molar-refractivity contribution in [3.8, 4) is 11.3 Å². The van der Waals surface area contributed by atoms with Crippen molar-refractivity contribution in [3.05, 3.63) is 89.1 Å². The predicted molar refractivity (Wildman–Crippen MR) is 127 cm³/mol. The molecule has 31 heavy (non-hydrogen) atoms. The van der Waals surface area contributed by atoms with E-state index in [-0.39, 0.29) is 0 Å². The van der Waals surface area contributed by atoms with Crippen LogP contribution < -0.4 is 0 Å². The van der Waals surface area contributed by atoms with E-state index in [4.69, 9.17) is 9.97 Å². The zero-order chi connectivity index (χ0) is 20.8. The van der Waals surface area contributed by atoms with Gasteiger partial charge in [0, 0.05) is 28.3 Å². The van der Waals surface area contributed by atoms with Crippen LogP contribution in [0, 0.1) is 6.92 Å². The smallest absolute Gasteiger partial charge is 0.0726 e. The largest absolute Gasteiger partial charge is 0.355 e. The van der Waals surface area contributed by atoms with E-state index in [0.29, 0.717) is 0 Å². The molecule has 0 aromatic carbocycles. The van der Waals surface area contributed by atoms with Crippen LogP contribution in [0.3, 0.4) is 0 Å². The summed E-state index contributed by atoms with van der Waals surface area (Å²) in [5, 5.41) is 0. The Morgan fingerprint density at radius 1 is 0.645 bits per heavy atom. The Balaban J connectivity index is 1.72. The van der Waals surface area contributed by atoms with Gasteiger partial charge in [-0.05, 0) is 85.3 Å². The molecule has 6 rings (SSSR count). The number of aromatic amines is 2. The molecule has 2 N–H and O–H groups in total. The van der Waals surface area contributed by atoms with Gasteiger partial charge in [-0.15, -0.1) is 0 Å². The van der Waals surface area contributed by atoms with E-state index in [9.17, 15) is 0 Å². The summed E-state index contributed by atoms with van der Waals surface area (Å²) in [6.07, 6.45) is 9.95. The number of aromatic nitrogens is 5. The van der Waals surface area contributed by atoms with Crippen molar-refractivity contribution >= 4 is 46.4 Å². The monoisotopic (exact) mass is 401 g/mol. The van der Waals surface area contributed by atoms with Gasteiger partial charge in [-0.2, -0.15) is 0 Å². The molecule has 5 nitrogen and oxygen atoms in total. The second-order valence-corrected chi connectivity index (χ2v) is 7.70. The van der Waals surface area contributed by atoms with E-state index in [1.165, 1.54) is 0 Å². The number of nitrogens with one attached hydrogen (secondary N) is 2. The van der Waals surface area contributed by atoms with E-state index < -0.39 is 0 Å². The minimum atomic E-state index is 0.899. The minimum absolute atomic E-state index is 0.899. The van der Waals surface area contributed by atoms with Gasteiger partial charge in [0.05, 0.1) is 34.0 Å². The number of hydrogen-bond donors (Lipinski definition) is 2. The average Bonchev–Trinajstić information content (AvgIpc) is 3.55. The molecular formula is C26H19N5. The molecule has 0 spiro atoms. The third kappa shape index (κ3) is 3.26. The van der Waals surface area contributed by atoms with Crippen LogP contribution in [0.4, 0.5) is 0 Å². The van der Waals surface area contributed by atoms with E-state index in [1.807, 2.05) is 60.8 Å². The topological polar surface area (TPSA) is 70.2 Å². The van der Waals surface area contributed by atoms with Gasteiger partial charge in [0.15, 0.2) is 0 Å².